The van der Waals surface area contributed by atoms with Crippen LogP contribution in [-0.4, -0.2) is 33.5 Å². The van der Waals surface area contributed by atoms with E-state index in [-0.39, 0.29) is 6.61 Å². The van der Waals surface area contributed by atoms with Gasteiger partial charge in [0, 0.05) is 28.4 Å². The lowest BCUT2D eigenvalue weighted by Gasteiger charge is -2.17. The van der Waals surface area contributed by atoms with Gasteiger partial charge in [0.05, 0.1) is 6.61 Å². The number of aromatic nitrogens is 1. The van der Waals surface area contributed by atoms with Gasteiger partial charge >= 0.3 is 5.97 Å². The van der Waals surface area contributed by atoms with Crippen molar-refractivity contribution < 1.29 is 19.7 Å². The molecule has 0 aliphatic carbocycles. The van der Waals surface area contributed by atoms with Gasteiger partial charge in [0.1, 0.15) is 6.10 Å². The average Bonchev–Trinajstić information content (AvgIpc) is 2.93. The summed E-state index contributed by atoms with van der Waals surface area (Å²) < 4.78 is 6.97. The third kappa shape index (κ3) is 2.66. The third-order valence-electron chi connectivity index (χ3n) is 4.28. The first-order chi connectivity index (χ1) is 11.6. The number of rotatable bonds is 5. The molecular formula is C19H21NO4. The van der Waals surface area contributed by atoms with Crippen molar-refractivity contribution in [2.75, 3.05) is 6.61 Å². The zero-order valence-electron chi connectivity index (χ0n) is 13.8. The van der Waals surface area contributed by atoms with Crippen molar-refractivity contribution in [3.63, 3.8) is 0 Å². The lowest BCUT2D eigenvalue weighted by molar-refractivity contribution is -0.159. The van der Waals surface area contributed by atoms with E-state index in [2.05, 4.69) is 17.6 Å². The average molecular weight is 327 g/mol. The highest BCUT2D eigenvalue weighted by Crippen LogP contribution is 2.31. The molecule has 0 aliphatic heterocycles. The third-order valence-corrected chi connectivity index (χ3v) is 4.28. The number of hydrogen-bond donors (Lipinski definition) is 2. The molecule has 2 unspecified atom stereocenters. The fourth-order valence-corrected chi connectivity index (χ4v) is 3.13. The molecule has 126 valence electrons. The number of aliphatic hydroxyl groups is 2. The van der Waals surface area contributed by atoms with E-state index in [0.717, 1.165) is 28.4 Å². The smallest absolute Gasteiger partial charge is 0.338 e. The fourth-order valence-electron chi connectivity index (χ4n) is 3.13. The summed E-state index contributed by atoms with van der Waals surface area (Å²) in [4.78, 5) is 11.6. The summed E-state index contributed by atoms with van der Waals surface area (Å²) in [6.07, 6.45) is -2.92. The second-order valence-corrected chi connectivity index (χ2v) is 5.68. The van der Waals surface area contributed by atoms with E-state index in [1.165, 1.54) is 0 Å². The van der Waals surface area contributed by atoms with Crippen LogP contribution in [0.4, 0.5) is 0 Å². The maximum atomic E-state index is 11.6. The summed E-state index contributed by atoms with van der Waals surface area (Å²) in [6.45, 7) is 4.73. The summed E-state index contributed by atoms with van der Waals surface area (Å²) >= 11 is 0. The number of carbonyl (C=O) groups is 1. The Morgan fingerprint density at radius 2 is 1.79 bits per heavy atom. The van der Waals surface area contributed by atoms with E-state index in [9.17, 15) is 15.0 Å². The molecule has 0 aliphatic rings. The summed E-state index contributed by atoms with van der Waals surface area (Å²) in [6, 6.07) is 13.5. The molecule has 2 N–H and O–H groups in total. The first-order valence-electron chi connectivity index (χ1n) is 8.12. The first-order valence-corrected chi connectivity index (χ1v) is 8.12. The molecule has 0 fully saturated rings. The molecule has 24 heavy (non-hydrogen) atoms. The number of benzene rings is 2. The maximum absolute atomic E-state index is 11.6. The Morgan fingerprint density at radius 3 is 2.50 bits per heavy atom. The minimum atomic E-state index is -1.60. The quantitative estimate of drug-likeness (QED) is 0.707. The Kier molecular flexibility index (Phi) is 4.55. The van der Waals surface area contributed by atoms with Crippen LogP contribution in [0.1, 0.15) is 25.5 Å². The van der Waals surface area contributed by atoms with Gasteiger partial charge in [-0.25, -0.2) is 4.79 Å². The van der Waals surface area contributed by atoms with E-state index >= 15 is 0 Å². The number of para-hydroxylation sites is 1. The van der Waals surface area contributed by atoms with E-state index in [1.807, 2.05) is 30.3 Å². The Bertz CT molecular complexity index is 884. The molecule has 2 atom stereocenters. The molecule has 1 heterocycles. The molecule has 2 aromatic carbocycles. The number of nitrogens with zero attached hydrogens (tertiary/aromatic N) is 1. The summed E-state index contributed by atoms with van der Waals surface area (Å²) in [5.41, 5.74) is 2.66. The molecule has 5 heteroatoms. The van der Waals surface area contributed by atoms with Gasteiger partial charge in [0.2, 0.25) is 0 Å². The predicted octanol–water partition coefficient (Wildman–Crippen LogP) is 2.77. The largest absolute Gasteiger partial charge is 0.464 e. The Hall–Kier alpha value is -2.37. The van der Waals surface area contributed by atoms with Crippen LogP contribution in [0.25, 0.3) is 21.8 Å². The minimum absolute atomic E-state index is 0.158. The normalized spacial score (nSPS) is 14.0. The number of aryl methyl sites for hydroxylation is 1. The molecule has 3 aromatic rings. The fraction of sp³-hybridized carbons (Fsp3) is 0.316. The van der Waals surface area contributed by atoms with E-state index in [4.69, 9.17) is 4.74 Å². The highest BCUT2D eigenvalue weighted by Gasteiger charge is 2.27. The molecule has 0 spiro atoms. The van der Waals surface area contributed by atoms with Crippen LogP contribution in [-0.2, 0) is 16.1 Å². The van der Waals surface area contributed by atoms with E-state index in [0.29, 0.717) is 5.56 Å². The molecule has 5 nitrogen and oxygen atoms in total. The number of ether oxygens (including phenoxy) is 1. The number of fused-ring (bicyclic) bond motifs is 3. The monoisotopic (exact) mass is 327 g/mol. The SMILES string of the molecule is CCOC(=O)C(O)C(O)c1ccc2c(c1)c1ccccc1n2CC. The van der Waals surface area contributed by atoms with Crippen LogP contribution in [0.3, 0.4) is 0 Å². The van der Waals surface area contributed by atoms with Crippen molar-refractivity contribution in [3.8, 4) is 0 Å². The number of hydrogen-bond acceptors (Lipinski definition) is 4. The molecular weight excluding hydrogens is 306 g/mol. The summed E-state index contributed by atoms with van der Waals surface area (Å²) in [5.74, 6) is -0.818. The maximum Gasteiger partial charge on any atom is 0.338 e. The lowest BCUT2D eigenvalue weighted by Crippen LogP contribution is -2.29. The van der Waals surface area contributed by atoms with Crippen molar-refractivity contribution in [2.24, 2.45) is 0 Å². The zero-order chi connectivity index (χ0) is 17.3. The molecule has 3 rings (SSSR count). The Morgan fingerprint density at radius 1 is 1.08 bits per heavy atom. The number of carbonyl (C=O) groups excluding carboxylic acids is 1. The van der Waals surface area contributed by atoms with Crippen molar-refractivity contribution in [1.29, 1.82) is 0 Å². The van der Waals surface area contributed by atoms with Gasteiger partial charge in [-0.3, -0.25) is 0 Å². The van der Waals surface area contributed by atoms with Crippen LogP contribution in [0.15, 0.2) is 42.5 Å². The van der Waals surface area contributed by atoms with Gasteiger partial charge in [0.25, 0.3) is 0 Å². The molecule has 0 bridgehead atoms. The predicted molar refractivity (Wildman–Crippen MR) is 92.7 cm³/mol. The van der Waals surface area contributed by atoms with E-state index < -0.39 is 18.2 Å². The molecule has 1 aromatic heterocycles. The Labute approximate surface area is 140 Å². The van der Waals surface area contributed by atoms with Crippen molar-refractivity contribution in [2.45, 2.75) is 32.6 Å². The highest BCUT2D eigenvalue weighted by molar-refractivity contribution is 6.08. The van der Waals surface area contributed by atoms with Gasteiger partial charge in [-0.1, -0.05) is 24.3 Å². The topological polar surface area (TPSA) is 71.7 Å². The van der Waals surface area contributed by atoms with Crippen molar-refractivity contribution in [1.82, 2.24) is 4.57 Å². The molecule has 0 amide bonds. The second kappa shape index (κ2) is 6.63. The highest BCUT2D eigenvalue weighted by atomic mass is 16.5. The molecule has 0 saturated heterocycles. The number of esters is 1. The van der Waals surface area contributed by atoms with Crippen LogP contribution >= 0.6 is 0 Å². The van der Waals surface area contributed by atoms with Gasteiger partial charge < -0.3 is 19.5 Å². The molecule has 0 saturated carbocycles. The van der Waals surface area contributed by atoms with Crippen LogP contribution in [0, 0.1) is 0 Å². The first kappa shape index (κ1) is 16.5. The second-order valence-electron chi connectivity index (χ2n) is 5.68. The van der Waals surface area contributed by atoms with Crippen LogP contribution < -0.4 is 0 Å². The molecule has 0 radical (unpaired) electrons. The summed E-state index contributed by atoms with van der Waals surface area (Å²) in [7, 11) is 0. The Balaban J connectivity index is 2.08. The number of aliphatic hydroxyl groups excluding tert-OH is 2. The van der Waals surface area contributed by atoms with Crippen LogP contribution in [0.5, 0.6) is 0 Å². The van der Waals surface area contributed by atoms with Gasteiger partial charge in [-0.15, -0.1) is 0 Å². The van der Waals surface area contributed by atoms with Gasteiger partial charge in [-0.2, -0.15) is 0 Å². The zero-order valence-corrected chi connectivity index (χ0v) is 13.8. The van der Waals surface area contributed by atoms with Gasteiger partial charge in [-0.05, 0) is 37.6 Å². The lowest BCUT2D eigenvalue weighted by atomic mass is 10.0. The van der Waals surface area contributed by atoms with Gasteiger partial charge in [0.15, 0.2) is 6.10 Å². The minimum Gasteiger partial charge on any atom is -0.464 e. The van der Waals surface area contributed by atoms with Crippen molar-refractivity contribution in [3.05, 3.63) is 48.0 Å². The standard InChI is InChI=1S/C19H21NO4/c1-3-20-15-8-6-5-7-13(15)14-11-12(9-10-16(14)20)17(21)18(22)19(23)24-4-2/h5-11,17-18,21-22H,3-4H2,1-2H3. The summed E-state index contributed by atoms with van der Waals surface area (Å²) in [5, 5.41) is 22.4. The van der Waals surface area contributed by atoms with E-state index in [1.54, 1.807) is 13.0 Å². The van der Waals surface area contributed by atoms with Crippen molar-refractivity contribution >= 4 is 27.8 Å². The van der Waals surface area contributed by atoms with Crippen LogP contribution in [0.2, 0.25) is 0 Å².